The molecule has 8 heteroatoms. The minimum Gasteiger partial charge on any atom is -0.382 e. The first kappa shape index (κ1) is 17.2. The summed E-state index contributed by atoms with van der Waals surface area (Å²) < 4.78 is 3.98. The van der Waals surface area contributed by atoms with Crippen LogP contribution in [0.4, 0.5) is 10.8 Å². The standard InChI is InChI=1S/C13H23N5O2S/c1-5-18(6-2)9(19)7-15-13-10(11(14)17-21-13)12(20)16-8(3)4/h8,15H,5-7H2,1-4H3,(H2,14,17)(H,16,20). The van der Waals surface area contributed by atoms with Crippen LogP contribution in [0.5, 0.6) is 0 Å². The van der Waals surface area contributed by atoms with Gasteiger partial charge in [-0.2, -0.15) is 4.37 Å². The Kier molecular flexibility index (Phi) is 6.41. The molecular weight excluding hydrogens is 290 g/mol. The monoisotopic (exact) mass is 313 g/mol. The van der Waals surface area contributed by atoms with Gasteiger partial charge < -0.3 is 21.3 Å². The minimum atomic E-state index is -0.283. The van der Waals surface area contributed by atoms with Gasteiger partial charge in [-0.3, -0.25) is 9.59 Å². The lowest BCUT2D eigenvalue weighted by molar-refractivity contribution is -0.128. The maximum absolute atomic E-state index is 12.1. The molecule has 0 aliphatic heterocycles. The molecule has 0 saturated heterocycles. The van der Waals surface area contributed by atoms with Crippen molar-refractivity contribution in [2.45, 2.75) is 33.7 Å². The van der Waals surface area contributed by atoms with Crippen LogP contribution in [-0.2, 0) is 4.79 Å². The lowest BCUT2D eigenvalue weighted by Crippen LogP contribution is -2.35. The fourth-order valence-corrected chi connectivity index (χ4v) is 2.53. The van der Waals surface area contributed by atoms with Gasteiger partial charge in [0.15, 0.2) is 5.82 Å². The number of carbonyl (C=O) groups is 2. The first-order valence-corrected chi connectivity index (χ1v) is 7.75. The molecule has 0 saturated carbocycles. The summed E-state index contributed by atoms with van der Waals surface area (Å²) in [6.45, 7) is 9.01. The van der Waals surface area contributed by atoms with Crippen molar-refractivity contribution in [3.63, 3.8) is 0 Å². The molecule has 1 aromatic heterocycles. The molecule has 2 amide bonds. The predicted molar refractivity (Wildman–Crippen MR) is 85.5 cm³/mol. The summed E-state index contributed by atoms with van der Waals surface area (Å²) in [7, 11) is 0. The van der Waals surface area contributed by atoms with Gasteiger partial charge in [0.2, 0.25) is 5.91 Å². The molecule has 1 aromatic rings. The lowest BCUT2D eigenvalue weighted by atomic mass is 10.2. The van der Waals surface area contributed by atoms with Crippen molar-refractivity contribution in [3.05, 3.63) is 5.56 Å². The Labute approximate surface area is 129 Å². The topological polar surface area (TPSA) is 100 Å². The number of carbonyl (C=O) groups excluding carboxylic acids is 2. The molecule has 0 aromatic carbocycles. The quantitative estimate of drug-likeness (QED) is 0.701. The van der Waals surface area contributed by atoms with Crippen molar-refractivity contribution in [2.75, 3.05) is 30.7 Å². The summed E-state index contributed by atoms with van der Waals surface area (Å²) in [6, 6.07) is 0.00181. The van der Waals surface area contributed by atoms with Crippen LogP contribution < -0.4 is 16.4 Å². The molecule has 0 spiro atoms. The number of nitrogen functional groups attached to an aromatic ring is 1. The number of likely N-dealkylation sites (N-methyl/N-ethyl adjacent to an activating group) is 1. The van der Waals surface area contributed by atoms with E-state index < -0.39 is 0 Å². The van der Waals surface area contributed by atoms with Crippen molar-refractivity contribution < 1.29 is 9.59 Å². The molecule has 0 fully saturated rings. The zero-order valence-electron chi connectivity index (χ0n) is 12.9. The van der Waals surface area contributed by atoms with Crippen LogP contribution in [0.1, 0.15) is 38.1 Å². The summed E-state index contributed by atoms with van der Waals surface area (Å²) in [5.74, 6) is -0.132. The molecule has 0 radical (unpaired) electrons. The van der Waals surface area contributed by atoms with Crippen LogP contribution in [0, 0.1) is 0 Å². The van der Waals surface area contributed by atoms with Crippen molar-refractivity contribution in [1.82, 2.24) is 14.6 Å². The van der Waals surface area contributed by atoms with E-state index in [1.54, 1.807) is 4.90 Å². The third-order valence-electron chi connectivity index (χ3n) is 2.88. The summed E-state index contributed by atoms with van der Waals surface area (Å²) in [5, 5.41) is 6.25. The molecule has 118 valence electrons. The van der Waals surface area contributed by atoms with Crippen LogP contribution in [0.3, 0.4) is 0 Å². The summed E-state index contributed by atoms with van der Waals surface area (Å²) in [5.41, 5.74) is 6.05. The molecule has 1 rings (SSSR count). The Morgan fingerprint density at radius 2 is 1.95 bits per heavy atom. The van der Waals surface area contributed by atoms with Gasteiger partial charge >= 0.3 is 0 Å². The van der Waals surface area contributed by atoms with E-state index in [1.807, 2.05) is 27.7 Å². The first-order valence-electron chi connectivity index (χ1n) is 6.98. The fraction of sp³-hybridized carbons (Fsp3) is 0.615. The van der Waals surface area contributed by atoms with Gasteiger partial charge in [-0.15, -0.1) is 0 Å². The molecule has 0 atom stereocenters. The Morgan fingerprint density at radius 3 is 2.48 bits per heavy atom. The van der Waals surface area contributed by atoms with Gasteiger partial charge in [-0.25, -0.2) is 0 Å². The van der Waals surface area contributed by atoms with Gasteiger partial charge in [0, 0.05) is 19.1 Å². The van der Waals surface area contributed by atoms with Crippen molar-refractivity contribution >= 4 is 34.2 Å². The lowest BCUT2D eigenvalue weighted by Gasteiger charge is -2.19. The Hall–Kier alpha value is -1.83. The Morgan fingerprint density at radius 1 is 1.33 bits per heavy atom. The van der Waals surface area contributed by atoms with Crippen LogP contribution in [0.2, 0.25) is 0 Å². The Balaban J connectivity index is 2.77. The summed E-state index contributed by atoms with van der Waals surface area (Å²) in [6.07, 6.45) is 0. The predicted octanol–water partition coefficient (Wildman–Crippen LogP) is 1.14. The number of rotatable bonds is 7. The van der Waals surface area contributed by atoms with Crippen molar-refractivity contribution in [3.8, 4) is 0 Å². The molecule has 1 heterocycles. The number of amides is 2. The highest BCUT2D eigenvalue weighted by atomic mass is 32.1. The normalized spacial score (nSPS) is 10.5. The molecule has 0 unspecified atom stereocenters. The highest BCUT2D eigenvalue weighted by Gasteiger charge is 2.20. The molecule has 4 N–H and O–H groups in total. The summed E-state index contributed by atoms with van der Waals surface area (Å²) >= 11 is 1.08. The molecule has 21 heavy (non-hydrogen) atoms. The Bertz CT molecular complexity index is 497. The van der Waals surface area contributed by atoms with E-state index in [4.69, 9.17) is 5.73 Å². The van der Waals surface area contributed by atoms with E-state index in [0.717, 1.165) is 11.5 Å². The largest absolute Gasteiger partial charge is 0.382 e. The maximum atomic E-state index is 12.1. The highest BCUT2D eigenvalue weighted by Crippen LogP contribution is 2.26. The van der Waals surface area contributed by atoms with Gasteiger partial charge in [-0.05, 0) is 39.2 Å². The molecule has 0 bridgehead atoms. The van der Waals surface area contributed by atoms with E-state index in [9.17, 15) is 9.59 Å². The number of nitrogens with one attached hydrogen (secondary N) is 2. The second-order valence-corrected chi connectivity index (χ2v) is 5.59. The van der Waals surface area contributed by atoms with E-state index in [0.29, 0.717) is 23.7 Å². The summed E-state index contributed by atoms with van der Waals surface area (Å²) in [4.78, 5) is 25.8. The number of anilines is 2. The van der Waals surface area contributed by atoms with Crippen LogP contribution >= 0.6 is 11.5 Å². The number of aromatic nitrogens is 1. The zero-order valence-corrected chi connectivity index (χ0v) is 13.7. The average molecular weight is 313 g/mol. The van der Waals surface area contributed by atoms with Gasteiger partial charge in [0.25, 0.3) is 5.91 Å². The van der Waals surface area contributed by atoms with Crippen molar-refractivity contribution in [2.24, 2.45) is 0 Å². The smallest absolute Gasteiger partial charge is 0.258 e. The van der Waals surface area contributed by atoms with Crippen LogP contribution in [0.15, 0.2) is 0 Å². The SMILES string of the molecule is CCN(CC)C(=O)CNc1snc(N)c1C(=O)NC(C)C. The van der Waals surface area contributed by atoms with Crippen molar-refractivity contribution in [1.29, 1.82) is 0 Å². The first-order chi connectivity index (χ1) is 9.90. The molecule has 0 aliphatic rings. The molecule has 7 nitrogen and oxygen atoms in total. The van der Waals surface area contributed by atoms with E-state index in [-0.39, 0.29) is 30.2 Å². The number of nitrogens with zero attached hydrogens (tertiary/aromatic N) is 2. The minimum absolute atomic E-state index is 0.00181. The average Bonchev–Trinajstić information content (AvgIpc) is 2.78. The van der Waals surface area contributed by atoms with Crippen LogP contribution in [0.25, 0.3) is 0 Å². The fourth-order valence-electron chi connectivity index (χ4n) is 1.82. The maximum Gasteiger partial charge on any atom is 0.258 e. The molecule has 0 aliphatic carbocycles. The van der Waals surface area contributed by atoms with Gasteiger partial charge in [-0.1, -0.05) is 0 Å². The number of hydrogen-bond donors (Lipinski definition) is 3. The van der Waals surface area contributed by atoms with Gasteiger partial charge in [0.05, 0.1) is 6.54 Å². The highest BCUT2D eigenvalue weighted by molar-refractivity contribution is 7.11. The third-order valence-corrected chi connectivity index (χ3v) is 3.70. The van der Waals surface area contributed by atoms with Gasteiger partial charge in [0.1, 0.15) is 10.6 Å². The van der Waals surface area contributed by atoms with Crippen LogP contribution in [-0.4, -0.2) is 46.8 Å². The second-order valence-electron chi connectivity index (χ2n) is 4.82. The van der Waals surface area contributed by atoms with E-state index >= 15 is 0 Å². The van der Waals surface area contributed by atoms with E-state index in [2.05, 4.69) is 15.0 Å². The zero-order chi connectivity index (χ0) is 16.0. The number of nitrogens with two attached hydrogens (primary N) is 1. The molecular formula is C13H23N5O2S. The second kappa shape index (κ2) is 7.82. The third kappa shape index (κ3) is 4.59. The number of hydrogen-bond acceptors (Lipinski definition) is 6. The van der Waals surface area contributed by atoms with E-state index in [1.165, 1.54) is 0 Å².